The summed E-state index contributed by atoms with van der Waals surface area (Å²) in [4.78, 5) is 15.2. The van der Waals surface area contributed by atoms with E-state index in [0.29, 0.717) is 11.5 Å². The molecule has 26 heavy (non-hydrogen) atoms. The zero-order chi connectivity index (χ0) is 18.9. The number of carbonyl (C=O) groups excluding carboxylic acids is 1. The van der Waals surface area contributed by atoms with Crippen LogP contribution >= 0.6 is 0 Å². The largest absolute Gasteiger partial charge is 0.471 e. The number of rotatable bonds is 4. The van der Waals surface area contributed by atoms with Crippen LogP contribution in [-0.2, 0) is 12.7 Å². The fourth-order valence-corrected chi connectivity index (χ4v) is 2.14. The topological polar surface area (TPSA) is 81.2 Å². The van der Waals surface area contributed by atoms with Crippen LogP contribution in [0, 0.1) is 12.7 Å². The molecule has 0 atom stereocenters. The fraction of sp³-hybridized carbons (Fsp3) is 0.188. The molecule has 0 radical (unpaired) electrons. The van der Waals surface area contributed by atoms with Gasteiger partial charge in [0.25, 0.3) is 5.91 Å². The van der Waals surface area contributed by atoms with Crippen molar-refractivity contribution in [3.8, 4) is 11.4 Å². The second kappa shape index (κ2) is 6.62. The van der Waals surface area contributed by atoms with Crippen molar-refractivity contribution in [2.24, 2.45) is 0 Å². The molecular formula is C16H11F4N3O3. The van der Waals surface area contributed by atoms with Crippen molar-refractivity contribution in [3.05, 3.63) is 59.1 Å². The highest BCUT2D eigenvalue weighted by Crippen LogP contribution is 2.30. The van der Waals surface area contributed by atoms with E-state index in [9.17, 15) is 22.4 Å². The first-order chi connectivity index (χ1) is 12.2. The number of amides is 1. The van der Waals surface area contributed by atoms with Gasteiger partial charge in [-0.2, -0.15) is 18.2 Å². The molecule has 1 amide bonds. The highest BCUT2D eigenvalue weighted by atomic mass is 19.4. The monoisotopic (exact) mass is 369 g/mol. The third kappa shape index (κ3) is 3.73. The van der Waals surface area contributed by atoms with E-state index in [-0.39, 0.29) is 17.7 Å². The summed E-state index contributed by atoms with van der Waals surface area (Å²) in [5, 5.41) is 5.65. The van der Waals surface area contributed by atoms with Crippen LogP contribution in [0.1, 0.15) is 27.8 Å². The van der Waals surface area contributed by atoms with Gasteiger partial charge in [-0.05, 0) is 37.3 Å². The molecule has 0 aliphatic heterocycles. The maximum atomic E-state index is 14.2. The zero-order valence-corrected chi connectivity index (χ0v) is 13.2. The second-order valence-electron chi connectivity index (χ2n) is 5.31. The molecule has 0 saturated heterocycles. The van der Waals surface area contributed by atoms with Gasteiger partial charge in [0.05, 0.1) is 12.1 Å². The molecule has 3 rings (SSSR count). The van der Waals surface area contributed by atoms with Gasteiger partial charge in [0.1, 0.15) is 17.3 Å². The maximum absolute atomic E-state index is 14.2. The SMILES string of the molecule is Cc1ccc(CNC(=O)c2ccc(-c3noc(C(F)(F)F)n3)c(F)c2)o1. The number of nitrogens with one attached hydrogen (secondary N) is 1. The molecule has 1 aromatic carbocycles. The first-order valence-corrected chi connectivity index (χ1v) is 7.28. The molecule has 0 saturated carbocycles. The lowest BCUT2D eigenvalue weighted by Gasteiger charge is -2.05. The summed E-state index contributed by atoms with van der Waals surface area (Å²) < 4.78 is 60.9. The summed E-state index contributed by atoms with van der Waals surface area (Å²) >= 11 is 0. The Bertz CT molecular complexity index is 946. The lowest BCUT2D eigenvalue weighted by Crippen LogP contribution is -2.22. The Labute approximate surface area is 143 Å². The predicted octanol–water partition coefficient (Wildman–Crippen LogP) is 3.73. The summed E-state index contributed by atoms with van der Waals surface area (Å²) in [5.41, 5.74) is -0.337. The predicted molar refractivity (Wildman–Crippen MR) is 79.3 cm³/mol. The Morgan fingerprint density at radius 3 is 2.58 bits per heavy atom. The number of benzene rings is 1. The van der Waals surface area contributed by atoms with Gasteiger partial charge >= 0.3 is 12.1 Å². The molecule has 0 fully saturated rings. The van der Waals surface area contributed by atoms with Gasteiger partial charge in [0.15, 0.2) is 0 Å². The Balaban J connectivity index is 1.74. The van der Waals surface area contributed by atoms with Crippen molar-refractivity contribution in [2.75, 3.05) is 0 Å². The van der Waals surface area contributed by atoms with Crippen LogP contribution in [0.3, 0.4) is 0 Å². The number of hydrogen-bond acceptors (Lipinski definition) is 5. The van der Waals surface area contributed by atoms with E-state index < -0.39 is 29.6 Å². The first kappa shape index (κ1) is 17.6. The van der Waals surface area contributed by atoms with Gasteiger partial charge < -0.3 is 14.3 Å². The fourth-order valence-electron chi connectivity index (χ4n) is 2.14. The molecule has 0 bridgehead atoms. The normalized spacial score (nSPS) is 11.6. The summed E-state index contributed by atoms with van der Waals surface area (Å²) in [6, 6.07) is 6.64. The second-order valence-corrected chi connectivity index (χ2v) is 5.31. The van der Waals surface area contributed by atoms with Crippen molar-refractivity contribution in [1.29, 1.82) is 0 Å². The van der Waals surface area contributed by atoms with Gasteiger partial charge in [-0.1, -0.05) is 5.16 Å². The minimum atomic E-state index is -4.83. The van der Waals surface area contributed by atoms with Crippen LogP contribution in [0.5, 0.6) is 0 Å². The number of hydrogen-bond donors (Lipinski definition) is 1. The Morgan fingerprint density at radius 2 is 2.00 bits per heavy atom. The average Bonchev–Trinajstić information content (AvgIpc) is 3.21. The number of aryl methyl sites for hydroxylation is 1. The molecule has 2 aromatic heterocycles. The van der Waals surface area contributed by atoms with Crippen molar-refractivity contribution in [1.82, 2.24) is 15.5 Å². The molecule has 3 aromatic rings. The van der Waals surface area contributed by atoms with Gasteiger partial charge in [-0.25, -0.2) is 4.39 Å². The quantitative estimate of drug-likeness (QED) is 0.709. The van der Waals surface area contributed by atoms with E-state index in [1.807, 2.05) is 0 Å². The number of aromatic nitrogens is 2. The molecule has 0 spiro atoms. The lowest BCUT2D eigenvalue weighted by molar-refractivity contribution is -0.159. The van der Waals surface area contributed by atoms with E-state index in [0.717, 1.165) is 12.1 Å². The highest BCUT2D eigenvalue weighted by Gasteiger charge is 2.38. The van der Waals surface area contributed by atoms with Crippen molar-refractivity contribution >= 4 is 5.91 Å². The first-order valence-electron chi connectivity index (χ1n) is 7.28. The molecule has 6 nitrogen and oxygen atoms in total. The molecule has 0 aliphatic rings. The van der Waals surface area contributed by atoms with Crippen LogP contribution in [0.15, 0.2) is 39.3 Å². The number of halogens is 4. The molecule has 0 aliphatic carbocycles. The van der Waals surface area contributed by atoms with Crippen LogP contribution < -0.4 is 5.32 Å². The zero-order valence-electron chi connectivity index (χ0n) is 13.2. The van der Waals surface area contributed by atoms with Crippen LogP contribution in [0.2, 0.25) is 0 Å². The Kier molecular flexibility index (Phi) is 4.49. The summed E-state index contributed by atoms with van der Waals surface area (Å²) in [7, 11) is 0. The minimum Gasteiger partial charge on any atom is -0.465 e. The molecular weight excluding hydrogens is 358 g/mol. The molecule has 2 heterocycles. The molecule has 1 N–H and O–H groups in total. The van der Waals surface area contributed by atoms with Crippen molar-refractivity contribution in [2.45, 2.75) is 19.6 Å². The van der Waals surface area contributed by atoms with E-state index in [1.165, 1.54) is 6.07 Å². The van der Waals surface area contributed by atoms with Crippen molar-refractivity contribution in [3.63, 3.8) is 0 Å². The van der Waals surface area contributed by atoms with E-state index >= 15 is 0 Å². The van der Waals surface area contributed by atoms with Gasteiger partial charge in [-0.15, -0.1) is 0 Å². The van der Waals surface area contributed by atoms with Crippen LogP contribution in [-0.4, -0.2) is 16.0 Å². The summed E-state index contributed by atoms with van der Waals surface area (Å²) in [6.07, 6.45) is -4.83. The minimum absolute atomic E-state index is 0.0194. The van der Waals surface area contributed by atoms with Gasteiger partial charge in [-0.3, -0.25) is 4.79 Å². The summed E-state index contributed by atoms with van der Waals surface area (Å²) in [6.45, 7) is 1.86. The average molecular weight is 369 g/mol. The smallest absolute Gasteiger partial charge is 0.465 e. The van der Waals surface area contributed by atoms with E-state index in [2.05, 4.69) is 20.0 Å². The Morgan fingerprint density at radius 1 is 1.23 bits per heavy atom. The number of furan rings is 1. The third-order valence-corrected chi connectivity index (χ3v) is 3.36. The number of alkyl halides is 3. The van der Waals surface area contributed by atoms with Crippen LogP contribution in [0.4, 0.5) is 17.6 Å². The number of nitrogens with zero attached hydrogens (tertiary/aromatic N) is 2. The lowest BCUT2D eigenvalue weighted by atomic mass is 10.1. The molecule has 10 heteroatoms. The molecule has 0 unspecified atom stereocenters. The van der Waals surface area contributed by atoms with Crippen molar-refractivity contribution < 1.29 is 31.3 Å². The third-order valence-electron chi connectivity index (χ3n) is 3.36. The standard InChI is InChI=1S/C16H11F4N3O3/c1-8-2-4-10(25-8)7-21-14(24)9-3-5-11(12(17)6-9)13-22-15(26-23-13)16(18,19)20/h2-6H,7H2,1H3,(H,21,24). The van der Waals surface area contributed by atoms with Gasteiger partial charge in [0.2, 0.25) is 5.82 Å². The van der Waals surface area contributed by atoms with Gasteiger partial charge in [0, 0.05) is 5.56 Å². The van der Waals surface area contributed by atoms with Crippen LogP contribution in [0.25, 0.3) is 11.4 Å². The summed E-state index contributed by atoms with van der Waals surface area (Å²) in [5.74, 6) is -2.47. The van der Waals surface area contributed by atoms with E-state index in [4.69, 9.17) is 4.42 Å². The Hall–Kier alpha value is -3.17. The number of carbonyl (C=O) groups is 1. The molecule has 136 valence electrons. The highest BCUT2D eigenvalue weighted by molar-refractivity contribution is 5.94. The van der Waals surface area contributed by atoms with E-state index in [1.54, 1.807) is 19.1 Å². The maximum Gasteiger partial charge on any atom is 0.471 e.